The molecule has 0 radical (unpaired) electrons. The molecule has 0 saturated carbocycles. The van der Waals surface area contributed by atoms with Gasteiger partial charge in [-0.15, -0.1) is 6.58 Å². The van der Waals surface area contributed by atoms with Gasteiger partial charge < -0.3 is 0 Å². The van der Waals surface area contributed by atoms with E-state index >= 15 is 0 Å². The highest BCUT2D eigenvalue weighted by molar-refractivity contribution is 4.88. The van der Waals surface area contributed by atoms with E-state index in [1.54, 1.807) is 0 Å². The van der Waals surface area contributed by atoms with Crippen molar-refractivity contribution in [2.45, 2.75) is 72.4 Å². The summed E-state index contributed by atoms with van der Waals surface area (Å²) in [4.78, 5) is 5.23. The maximum absolute atomic E-state index is 4.10. The van der Waals surface area contributed by atoms with E-state index < -0.39 is 0 Å². The van der Waals surface area contributed by atoms with Crippen LogP contribution in [0.1, 0.15) is 66.2 Å². The molecule has 0 unspecified atom stereocenters. The van der Waals surface area contributed by atoms with Crippen LogP contribution in [0, 0.1) is 0 Å². The van der Waals surface area contributed by atoms with Crippen molar-refractivity contribution in [3.63, 3.8) is 0 Å². The summed E-state index contributed by atoms with van der Waals surface area (Å²) in [7, 11) is 0. The first-order valence-corrected chi connectivity index (χ1v) is 8.35. The van der Waals surface area contributed by atoms with Gasteiger partial charge in [0.15, 0.2) is 0 Å². The van der Waals surface area contributed by atoms with Crippen LogP contribution < -0.4 is 0 Å². The van der Waals surface area contributed by atoms with Gasteiger partial charge in [0, 0.05) is 0 Å². The van der Waals surface area contributed by atoms with Gasteiger partial charge in [0.05, 0.1) is 6.17 Å². The van der Waals surface area contributed by atoms with Crippen molar-refractivity contribution in [3.05, 3.63) is 12.7 Å². The Morgan fingerprint density at radius 1 is 0.737 bits per heavy atom. The summed E-state index contributed by atoms with van der Waals surface area (Å²) >= 11 is 0. The molecule has 0 aliphatic heterocycles. The van der Waals surface area contributed by atoms with E-state index in [1.807, 2.05) is 0 Å². The maximum Gasteiger partial charge on any atom is 0.0812 e. The third kappa shape index (κ3) is 7.74. The quantitative estimate of drug-likeness (QED) is 0.358. The Bertz CT molecular complexity index is 185. The minimum absolute atomic E-state index is 0.429. The SMILES string of the molecule is C=CC(N(CCC)CCCC)N(CCC)CCCC. The summed E-state index contributed by atoms with van der Waals surface area (Å²) in [5.41, 5.74) is 0. The Kier molecular flexibility index (Phi) is 12.5. The average molecular weight is 268 g/mol. The monoisotopic (exact) mass is 268 g/mol. The highest BCUT2D eigenvalue weighted by Crippen LogP contribution is 2.12. The Morgan fingerprint density at radius 3 is 1.42 bits per heavy atom. The second-order valence-electron chi connectivity index (χ2n) is 5.43. The van der Waals surface area contributed by atoms with Crippen molar-refractivity contribution in [1.29, 1.82) is 0 Å². The minimum atomic E-state index is 0.429. The van der Waals surface area contributed by atoms with Gasteiger partial charge in [-0.1, -0.05) is 46.6 Å². The van der Waals surface area contributed by atoms with Gasteiger partial charge in [0.25, 0.3) is 0 Å². The molecule has 0 saturated heterocycles. The van der Waals surface area contributed by atoms with Crippen LogP contribution >= 0.6 is 0 Å². The molecule has 2 heteroatoms. The lowest BCUT2D eigenvalue weighted by Crippen LogP contribution is -2.48. The third-order valence-corrected chi connectivity index (χ3v) is 3.58. The molecule has 0 aromatic rings. The van der Waals surface area contributed by atoms with Crippen LogP contribution in [0.5, 0.6) is 0 Å². The molecule has 19 heavy (non-hydrogen) atoms. The van der Waals surface area contributed by atoms with E-state index in [2.05, 4.69) is 50.1 Å². The summed E-state index contributed by atoms with van der Waals surface area (Å²) in [6.45, 7) is 18.0. The zero-order chi connectivity index (χ0) is 14.5. The lowest BCUT2D eigenvalue weighted by molar-refractivity contribution is 0.0724. The third-order valence-electron chi connectivity index (χ3n) is 3.58. The Hall–Kier alpha value is -0.340. The summed E-state index contributed by atoms with van der Waals surface area (Å²) in [5, 5.41) is 0. The van der Waals surface area contributed by atoms with Crippen molar-refractivity contribution >= 4 is 0 Å². The molecule has 0 fully saturated rings. The first kappa shape index (κ1) is 18.7. The van der Waals surface area contributed by atoms with Gasteiger partial charge in [-0.2, -0.15) is 0 Å². The highest BCUT2D eigenvalue weighted by atomic mass is 15.3. The van der Waals surface area contributed by atoms with E-state index in [0.717, 1.165) is 0 Å². The van der Waals surface area contributed by atoms with Crippen LogP contribution in [0.4, 0.5) is 0 Å². The van der Waals surface area contributed by atoms with Crippen molar-refractivity contribution < 1.29 is 0 Å². The molecule has 0 N–H and O–H groups in total. The largest absolute Gasteiger partial charge is 0.285 e. The van der Waals surface area contributed by atoms with Crippen LogP contribution in [-0.4, -0.2) is 42.1 Å². The second kappa shape index (κ2) is 12.7. The average Bonchev–Trinajstić information content (AvgIpc) is 2.42. The first-order valence-electron chi connectivity index (χ1n) is 8.35. The smallest absolute Gasteiger partial charge is 0.0812 e. The number of hydrogen-bond acceptors (Lipinski definition) is 2. The summed E-state index contributed by atoms with van der Waals surface area (Å²) in [6, 6.07) is 0. The van der Waals surface area contributed by atoms with Crippen LogP contribution in [0.25, 0.3) is 0 Å². The molecule has 0 amide bonds. The second-order valence-corrected chi connectivity index (χ2v) is 5.43. The number of rotatable bonds is 13. The Morgan fingerprint density at radius 2 is 1.16 bits per heavy atom. The number of unbranched alkanes of at least 4 members (excludes halogenated alkanes) is 2. The lowest BCUT2D eigenvalue weighted by atomic mass is 10.2. The first-order chi connectivity index (χ1) is 9.24. The molecule has 0 aliphatic carbocycles. The number of nitrogens with zero attached hydrogens (tertiary/aromatic N) is 2. The minimum Gasteiger partial charge on any atom is -0.285 e. The highest BCUT2D eigenvalue weighted by Gasteiger charge is 2.20. The van der Waals surface area contributed by atoms with Crippen LogP contribution in [0.3, 0.4) is 0 Å². The molecule has 0 atom stereocenters. The molecule has 114 valence electrons. The standard InChI is InChI=1S/C17H36N2/c1-6-11-15-18(13-8-3)17(10-5)19(14-9-4)16-12-7-2/h10,17H,5-9,11-16H2,1-4H3. The van der Waals surface area contributed by atoms with E-state index in [9.17, 15) is 0 Å². The Labute approximate surface area is 121 Å². The van der Waals surface area contributed by atoms with E-state index in [-0.39, 0.29) is 0 Å². The summed E-state index contributed by atoms with van der Waals surface area (Å²) < 4.78 is 0. The van der Waals surface area contributed by atoms with Crippen molar-refractivity contribution in [3.8, 4) is 0 Å². The molecule has 0 rings (SSSR count). The number of hydrogen-bond donors (Lipinski definition) is 0. The summed E-state index contributed by atoms with van der Waals surface area (Å²) in [6.07, 6.45) is 10.1. The van der Waals surface area contributed by atoms with E-state index in [0.29, 0.717) is 6.17 Å². The zero-order valence-electron chi connectivity index (χ0n) is 13.8. The van der Waals surface area contributed by atoms with Crippen molar-refractivity contribution in [2.24, 2.45) is 0 Å². The van der Waals surface area contributed by atoms with Crippen molar-refractivity contribution in [2.75, 3.05) is 26.2 Å². The molecule has 0 aromatic heterocycles. The molecule has 0 bridgehead atoms. The van der Waals surface area contributed by atoms with Crippen LogP contribution in [0.15, 0.2) is 12.7 Å². The van der Waals surface area contributed by atoms with Gasteiger partial charge in [0.1, 0.15) is 0 Å². The van der Waals surface area contributed by atoms with Gasteiger partial charge in [-0.3, -0.25) is 9.80 Å². The van der Waals surface area contributed by atoms with Gasteiger partial charge >= 0.3 is 0 Å². The molecule has 0 heterocycles. The fraction of sp³-hybridized carbons (Fsp3) is 0.882. The van der Waals surface area contributed by atoms with E-state index in [4.69, 9.17) is 0 Å². The maximum atomic E-state index is 4.10. The van der Waals surface area contributed by atoms with Crippen molar-refractivity contribution in [1.82, 2.24) is 9.80 Å². The van der Waals surface area contributed by atoms with Crippen LogP contribution in [-0.2, 0) is 0 Å². The lowest BCUT2D eigenvalue weighted by Gasteiger charge is -2.38. The fourth-order valence-corrected chi connectivity index (χ4v) is 2.58. The fourth-order valence-electron chi connectivity index (χ4n) is 2.58. The predicted octanol–water partition coefficient (Wildman–Crippen LogP) is 4.52. The zero-order valence-corrected chi connectivity index (χ0v) is 13.8. The molecule has 2 nitrogen and oxygen atoms in total. The topological polar surface area (TPSA) is 6.48 Å². The summed E-state index contributed by atoms with van der Waals surface area (Å²) in [5.74, 6) is 0. The molecule has 0 aromatic carbocycles. The normalized spacial score (nSPS) is 11.7. The molecular formula is C17H36N2. The van der Waals surface area contributed by atoms with Gasteiger partial charge in [-0.25, -0.2) is 0 Å². The van der Waals surface area contributed by atoms with E-state index in [1.165, 1.54) is 64.7 Å². The van der Waals surface area contributed by atoms with Gasteiger partial charge in [0.2, 0.25) is 0 Å². The predicted molar refractivity (Wildman–Crippen MR) is 87.5 cm³/mol. The molecular weight excluding hydrogens is 232 g/mol. The molecule has 0 spiro atoms. The Balaban J connectivity index is 4.66. The molecule has 0 aliphatic rings. The van der Waals surface area contributed by atoms with Gasteiger partial charge in [-0.05, 0) is 51.9 Å². The van der Waals surface area contributed by atoms with Crippen LogP contribution in [0.2, 0.25) is 0 Å².